The van der Waals surface area contributed by atoms with E-state index in [4.69, 9.17) is 9.84 Å². The van der Waals surface area contributed by atoms with E-state index in [-0.39, 0.29) is 17.4 Å². The summed E-state index contributed by atoms with van der Waals surface area (Å²) in [6.07, 6.45) is 0.417. The highest BCUT2D eigenvalue weighted by Crippen LogP contribution is 2.33. The van der Waals surface area contributed by atoms with Crippen LogP contribution in [-0.4, -0.2) is 28.2 Å². The number of aromatic nitrogens is 2. The number of aromatic amines is 1. The quantitative estimate of drug-likeness (QED) is 0.731. The molecule has 0 saturated heterocycles. The summed E-state index contributed by atoms with van der Waals surface area (Å²) in [5, 5.41) is 9.87. The number of H-pyrrole nitrogens is 1. The van der Waals surface area contributed by atoms with Gasteiger partial charge in [-0.2, -0.15) is 0 Å². The van der Waals surface area contributed by atoms with Crippen molar-refractivity contribution < 1.29 is 19.0 Å². The number of fused-ring (bicyclic) bond motifs is 1. The number of halogens is 1. The molecule has 2 aromatic heterocycles. The number of hydrogen-bond donors (Lipinski definition) is 2. The van der Waals surface area contributed by atoms with Gasteiger partial charge in [-0.1, -0.05) is 19.9 Å². The number of rotatable bonds is 5. The fourth-order valence-corrected chi connectivity index (χ4v) is 2.99. The molecule has 2 N–H and O–H groups in total. The Labute approximate surface area is 144 Å². The van der Waals surface area contributed by atoms with Gasteiger partial charge in [-0.25, -0.2) is 14.2 Å². The van der Waals surface area contributed by atoms with Crippen LogP contribution in [0.1, 0.15) is 47.2 Å². The van der Waals surface area contributed by atoms with Crippen LogP contribution in [0, 0.1) is 5.82 Å². The molecule has 1 aromatic carbocycles. The molecule has 0 atom stereocenters. The van der Waals surface area contributed by atoms with Gasteiger partial charge in [-0.3, -0.25) is 0 Å². The molecule has 0 unspecified atom stereocenters. The van der Waals surface area contributed by atoms with Gasteiger partial charge in [-0.05, 0) is 29.7 Å². The van der Waals surface area contributed by atoms with Gasteiger partial charge in [0.05, 0.1) is 7.11 Å². The van der Waals surface area contributed by atoms with Crippen molar-refractivity contribution in [2.45, 2.75) is 26.2 Å². The first kappa shape index (κ1) is 17.0. The molecular weight excluding hydrogens is 323 g/mol. The van der Waals surface area contributed by atoms with E-state index in [1.165, 1.54) is 19.2 Å². The zero-order valence-electron chi connectivity index (χ0n) is 14.3. The summed E-state index contributed by atoms with van der Waals surface area (Å²) in [7, 11) is 1.43. The maximum absolute atomic E-state index is 14.2. The molecule has 0 aliphatic heterocycles. The fourth-order valence-electron chi connectivity index (χ4n) is 2.99. The van der Waals surface area contributed by atoms with Crippen molar-refractivity contribution in [3.05, 3.63) is 58.8 Å². The minimum absolute atomic E-state index is 0.00344. The molecule has 0 radical (unpaired) electrons. The third-order valence-corrected chi connectivity index (χ3v) is 4.17. The number of methoxy groups -OCH3 is 1. The molecule has 25 heavy (non-hydrogen) atoms. The van der Waals surface area contributed by atoms with Crippen LogP contribution in [0.15, 0.2) is 30.3 Å². The second-order valence-electron chi connectivity index (χ2n) is 6.20. The molecule has 0 aliphatic carbocycles. The Morgan fingerprint density at radius 1 is 1.36 bits per heavy atom. The standard InChI is InChI=1S/C19H19FN2O3/c1-10(2)18-13(7-11-5-4-6-15(21-11)19(23)24)12-8-14(20)17(25-3)9-16(12)22-18/h4-6,8-10,22H,7H2,1-3H3,(H,23,24). The van der Waals surface area contributed by atoms with Gasteiger partial charge in [-0.15, -0.1) is 0 Å². The van der Waals surface area contributed by atoms with Crippen LogP contribution in [0.3, 0.4) is 0 Å². The second kappa shape index (κ2) is 6.55. The topological polar surface area (TPSA) is 75.2 Å². The minimum Gasteiger partial charge on any atom is -0.494 e. The highest BCUT2D eigenvalue weighted by Gasteiger charge is 2.18. The summed E-state index contributed by atoms with van der Waals surface area (Å²) >= 11 is 0. The summed E-state index contributed by atoms with van der Waals surface area (Å²) < 4.78 is 19.2. The number of nitrogens with zero attached hydrogens (tertiary/aromatic N) is 1. The third-order valence-electron chi connectivity index (χ3n) is 4.17. The number of aromatic carboxylic acids is 1. The zero-order chi connectivity index (χ0) is 18.1. The molecule has 3 rings (SSSR count). The van der Waals surface area contributed by atoms with Crippen LogP contribution < -0.4 is 4.74 Å². The lowest BCUT2D eigenvalue weighted by atomic mass is 9.99. The van der Waals surface area contributed by atoms with Crippen LogP contribution in [0.25, 0.3) is 10.9 Å². The lowest BCUT2D eigenvalue weighted by molar-refractivity contribution is 0.0690. The molecule has 5 nitrogen and oxygen atoms in total. The average Bonchev–Trinajstić information content (AvgIpc) is 2.92. The van der Waals surface area contributed by atoms with Gasteiger partial charge >= 0.3 is 5.97 Å². The predicted octanol–water partition coefficient (Wildman–Crippen LogP) is 4.12. The Hall–Kier alpha value is -2.89. The van der Waals surface area contributed by atoms with Crippen molar-refractivity contribution in [3.8, 4) is 5.75 Å². The van der Waals surface area contributed by atoms with Crippen molar-refractivity contribution in [2.24, 2.45) is 0 Å². The first-order valence-electron chi connectivity index (χ1n) is 7.98. The van der Waals surface area contributed by atoms with Crippen molar-refractivity contribution in [1.82, 2.24) is 9.97 Å². The zero-order valence-corrected chi connectivity index (χ0v) is 14.3. The van der Waals surface area contributed by atoms with E-state index in [1.54, 1.807) is 18.2 Å². The monoisotopic (exact) mass is 342 g/mol. The summed E-state index contributed by atoms with van der Waals surface area (Å²) in [6, 6.07) is 7.98. The maximum Gasteiger partial charge on any atom is 0.354 e. The molecule has 0 aliphatic rings. The molecule has 0 bridgehead atoms. The smallest absolute Gasteiger partial charge is 0.354 e. The number of benzene rings is 1. The Kier molecular flexibility index (Phi) is 4.44. The first-order chi connectivity index (χ1) is 11.9. The van der Waals surface area contributed by atoms with Crippen LogP contribution in [0.4, 0.5) is 4.39 Å². The number of hydrogen-bond acceptors (Lipinski definition) is 3. The van der Waals surface area contributed by atoms with Crippen LogP contribution >= 0.6 is 0 Å². The Bertz CT molecular complexity index is 947. The van der Waals surface area contributed by atoms with E-state index in [0.29, 0.717) is 12.1 Å². The number of nitrogens with one attached hydrogen (secondary N) is 1. The van der Waals surface area contributed by atoms with Gasteiger partial charge in [0.1, 0.15) is 5.69 Å². The number of carboxylic acid groups (broad SMARTS) is 1. The molecule has 3 aromatic rings. The van der Waals surface area contributed by atoms with E-state index in [0.717, 1.165) is 22.2 Å². The Balaban J connectivity index is 2.13. The highest BCUT2D eigenvalue weighted by atomic mass is 19.1. The molecule has 0 fully saturated rings. The normalized spacial score (nSPS) is 11.2. The Morgan fingerprint density at radius 3 is 2.76 bits per heavy atom. The SMILES string of the molecule is COc1cc2[nH]c(C(C)C)c(Cc3cccc(C(=O)O)n3)c2cc1F. The van der Waals surface area contributed by atoms with E-state index >= 15 is 0 Å². The highest BCUT2D eigenvalue weighted by molar-refractivity contribution is 5.87. The van der Waals surface area contributed by atoms with Crippen molar-refractivity contribution in [1.29, 1.82) is 0 Å². The molecule has 2 heterocycles. The molecule has 6 heteroatoms. The largest absolute Gasteiger partial charge is 0.494 e. The van der Waals surface area contributed by atoms with Gasteiger partial charge in [0.25, 0.3) is 0 Å². The van der Waals surface area contributed by atoms with Crippen LogP contribution in [0.5, 0.6) is 5.75 Å². The van der Waals surface area contributed by atoms with Gasteiger partial charge in [0.15, 0.2) is 11.6 Å². The van der Waals surface area contributed by atoms with Gasteiger partial charge in [0.2, 0.25) is 0 Å². The summed E-state index contributed by atoms with van der Waals surface area (Å²) in [5.74, 6) is -1.13. The lowest BCUT2D eigenvalue weighted by Crippen LogP contribution is -2.04. The molecule has 0 saturated carbocycles. The van der Waals surface area contributed by atoms with Crippen molar-refractivity contribution in [2.75, 3.05) is 7.11 Å². The van der Waals surface area contributed by atoms with E-state index < -0.39 is 11.8 Å². The van der Waals surface area contributed by atoms with Crippen LogP contribution in [-0.2, 0) is 6.42 Å². The number of ether oxygens (including phenoxy) is 1. The number of carbonyl (C=O) groups is 1. The number of carboxylic acids is 1. The molecule has 130 valence electrons. The average molecular weight is 342 g/mol. The third kappa shape index (κ3) is 3.20. The van der Waals surface area contributed by atoms with Gasteiger partial charge < -0.3 is 14.8 Å². The van der Waals surface area contributed by atoms with E-state index in [1.807, 2.05) is 13.8 Å². The summed E-state index contributed by atoms with van der Waals surface area (Å²) in [6.45, 7) is 4.09. The van der Waals surface area contributed by atoms with Crippen molar-refractivity contribution >= 4 is 16.9 Å². The molecule has 0 amide bonds. The fraction of sp³-hybridized carbons (Fsp3) is 0.263. The summed E-state index contributed by atoms with van der Waals surface area (Å²) in [5.41, 5.74) is 3.30. The van der Waals surface area contributed by atoms with Crippen molar-refractivity contribution in [3.63, 3.8) is 0 Å². The molecular formula is C19H19FN2O3. The maximum atomic E-state index is 14.2. The van der Waals surface area contributed by atoms with E-state index in [9.17, 15) is 9.18 Å². The summed E-state index contributed by atoms with van der Waals surface area (Å²) in [4.78, 5) is 18.6. The number of pyridine rings is 1. The second-order valence-corrected chi connectivity index (χ2v) is 6.20. The van der Waals surface area contributed by atoms with Gasteiger partial charge in [0, 0.05) is 34.8 Å². The lowest BCUT2D eigenvalue weighted by Gasteiger charge is -2.08. The van der Waals surface area contributed by atoms with Crippen LogP contribution in [0.2, 0.25) is 0 Å². The first-order valence-corrected chi connectivity index (χ1v) is 7.98. The van der Waals surface area contributed by atoms with E-state index in [2.05, 4.69) is 9.97 Å². The molecule has 0 spiro atoms. The minimum atomic E-state index is -1.07. The predicted molar refractivity (Wildman–Crippen MR) is 92.9 cm³/mol. The Morgan fingerprint density at radius 2 is 2.12 bits per heavy atom.